The van der Waals surface area contributed by atoms with E-state index in [1.165, 1.54) is 5.56 Å². The molecule has 156 valence electrons. The second-order valence-electron chi connectivity index (χ2n) is 7.89. The highest BCUT2D eigenvalue weighted by Gasteiger charge is 2.19. The lowest BCUT2D eigenvalue weighted by atomic mass is 10.0. The lowest BCUT2D eigenvalue weighted by molar-refractivity contribution is -0.137. The van der Waals surface area contributed by atoms with E-state index in [4.69, 9.17) is 4.98 Å². The summed E-state index contributed by atoms with van der Waals surface area (Å²) in [6.45, 7) is 2.95. The van der Waals surface area contributed by atoms with Crippen molar-refractivity contribution >= 4 is 11.8 Å². The number of carboxylic acid groups (broad SMARTS) is 1. The van der Waals surface area contributed by atoms with Crippen molar-refractivity contribution in [2.45, 2.75) is 51.5 Å². The van der Waals surface area contributed by atoms with Crippen molar-refractivity contribution < 1.29 is 9.90 Å². The largest absolute Gasteiger partial charge is 0.481 e. The molecule has 4 heterocycles. The fraction of sp³-hybridized carbons (Fsp3) is 0.391. The monoisotopic (exact) mass is 405 g/mol. The minimum atomic E-state index is -0.856. The lowest BCUT2D eigenvalue weighted by Gasteiger charge is -2.17. The van der Waals surface area contributed by atoms with E-state index < -0.39 is 5.97 Å². The molecule has 0 fully saturated rings. The average Bonchev–Trinajstić information content (AvgIpc) is 3.20. The van der Waals surface area contributed by atoms with E-state index >= 15 is 0 Å². The van der Waals surface area contributed by atoms with Crippen LogP contribution in [0.15, 0.2) is 42.9 Å². The normalized spacial score (nSPS) is 14.0. The molecule has 0 spiro atoms. The summed E-state index contributed by atoms with van der Waals surface area (Å²) in [4.78, 5) is 20.4. The lowest BCUT2D eigenvalue weighted by Crippen LogP contribution is -2.16. The number of rotatable bonds is 8. The van der Waals surface area contributed by atoms with E-state index in [0.717, 1.165) is 67.0 Å². The van der Waals surface area contributed by atoms with E-state index in [1.807, 2.05) is 25.3 Å². The number of fused-ring (bicyclic) bond motifs is 1. The summed E-state index contributed by atoms with van der Waals surface area (Å²) in [5.74, 6) is 0.178. The molecular weight excluding hydrogens is 378 g/mol. The number of aryl methyl sites for hydroxylation is 4. The molecule has 7 nitrogen and oxygen atoms in total. The Kier molecular flexibility index (Phi) is 6.07. The van der Waals surface area contributed by atoms with Gasteiger partial charge in [-0.3, -0.25) is 14.5 Å². The van der Waals surface area contributed by atoms with Gasteiger partial charge in [0.05, 0.1) is 18.2 Å². The third-order valence-electron chi connectivity index (χ3n) is 5.45. The maximum Gasteiger partial charge on any atom is 0.305 e. The van der Waals surface area contributed by atoms with Gasteiger partial charge in [0.25, 0.3) is 0 Å². The van der Waals surface area contributed by atoms with Crippen molar-refractivity contribution in [3.63, 3.8) is 0 Å². The van der Waals surface area contributed by atoms with Gasteiger partial charge in [-0.25, -0.2) is 4.98 Å². The third-order valence-corrected chi connectivity index (χ3v) is 5.45. The molecule has 7 heteroatoms. The number of aromatic nitrogens is 4. The smallest absolute Gasteiger partial charge is 0.305 e. The van der Waals surface area contributed by atoms with Gasteiger partial charge < -0.3 is 10.4 Å². The fourth-order valence-corrected chi connectivity index (χ4v) is 3.93. The van der Waals surface area contributed by atoms with Gasteiger partial charge in [0.1, 0.15) is 5.82 Å². The minimum Gasteiger partial charge on any atom is -0.481 e. The zero-order chi connectivity index (χ0) is 20.9. The van der Waals surface area contributed by atoms with E-state index in [2.05, 4.69) is 27.5 Å². The summed E-state index contributed by atoms with van der Waals surface area (Å²) >= 11 is 0. The van der Waals surface area contributed by atoms with Crippen LogP contribution in [-0.4, -0.2) is 37.4 Å². The molecule has 1 aliphatic rings. The topological polar surface area (TPSA) is 92.9 Å². The first-order valence-electron chi connectivity index (χ1n) is 10.5. The van der Waals surface area contributed by atoms with Gasteiger partial charge in [0.2, 0.25) is 0 Å². The number of pyridine rings is 2. The summed E-state index contributed by atoms with van der Waals surface area (Å²) in [5, 5.41) is 17.4. The van der Waals surface area contributed by atoms with Gasteiger partial charge in [-0.1, -0.05) is 12.1 Å². The summed E-state index contributed by atoms with van der Waals surface area (Å²) < 4.78 is 1.75. The van der Waals surface area contributed by atoms with Crippen molar-refractivity contribution in [3.8, 4) is 0 Å². The molecule has 0 amide bonds. The molecule has 0 radical (unpaired) electrons. The molecule has 1 unspecified atom stereocenters. The van der Waals surface area contributed by atoms with Crippen LogP contribution >= 0.6 is 0 Å². The Labute approximate surface area is 176 Å². The summed E-state index contributed by atoms with van der Waals surface area (Å²) in [5.41, 5.74) is 5.22. The molecule has 30 heavy (non-hydrogen) atoms. The van der Waals surface area contributed by atoms with Crippen LogP contribution < -0.4 is 5.32 Å². The Morgan fingerprint density at radius 2 is 2.10 bits per heavy atom. The third kappa shape index (κ3) is 4.84. The van der Waals surface area contributed by atoms with Gasteiger partial charge in [-0.2, -0.15) is 5.10 Å². The van der Waals surface area contributed by atoms with Crippen LogP contribution in [0.3, 0.4) is 0 Å². The molecule has 2 N–H and O–H groups in total. The molecule has 0 aliphatic carbocycles. The molecule has 3 aromatic heterocycles. The molecule has 0 saturated heterocycles. The van der Waals surface area contributed by atoms with Gasteiger partial charge in [0, 0.05) is 30.8 Å². The molecule has 0 bridgehead atoms. The van der Waals surface area contributed by atoms with Crippen LogP contribution in [0.1, 0.15) is 53.4 Å². The van der Waals surface area contributed by atoms with Crippen LogP contribution in [0, 0.1) is 6.92 Å². The van der Waals surface area contributed by atoms with Crippen LogP contribution in [0.2, 0.25) is 0 Å². The second-order valence-corrected chi connectivity index (χ2v) is 7.89. The van der Waals surface area contributed by atoms with Crippen molar-refractivity contribution in [2.24, 2.45) is 0 Å². The molecule has 0 saturated carbocycles. The van der Waals surface area contributed by atoms with Crippen LogP contribution in [-0.2, 0) is 24.1 Å². The average molecular weight is 406 g/mol. The maximum atomic E-state index is 11.4. The van der Waals surface area contributed by atoms with Crippen LogP contribution in [0.4, 0.5) is 5.82 Å². The van der Waals surface area contributed by atoms with Crippen molar-refractivity contribution in [1.82, 2.24) is 19.7 Å². The Morgan fingerprint density at radius 3 is 2.93 bits per heavy atom. The van der Waals surface area contributed by atoms with Crippen molar-refractivity contribution in [3.05, 3.63) is 70.9 Å². The first-order chi connectivity index (χ1) is 14.6. The minimum absolute atomic E-state index is 0.0295. The number of carboxylic acids is 1. The van der Waals surface area contributed by atoms with Gasteiger partial charge >= 0.3 is 5.97 Å². The number of carbonyl (C=O) groups is 1. The van der Waals surface area contributed by atoms with Gasteiger partial charge in [-0.05, 0) is 67.9 Å². The number of hydrogen-bond donors (Lipinski definition) is 2. The van der Waals surface area contributed by atoms with Gasteiger partial charge in [0.15, 0.2) is 0 Å². The zero-order valence-corrected chi connectivity index (χ0v) is 17.2. The second kappa shape index (κ2) is 9.07. The van der Waals surface area contributed by atoms with Crippen molar-refractivity contribution in [2.75, 3.05) is 11.9 Å². The Morgan fingerprint density at radius 1 is 1.23 bits per heavy atom. The number of anilines is 1. The molecule has 3 aromatic rings. The molecule has 0 aromatic carbocycles. The highest BCUT2D eigenvalue weighted by atomic mass is 16.4. The number of aliphatic carboxylic acids is 1. The van der Waals surface area contributed by atoms with E-state index in [-0.39, 0.29) is 12.5 Å². The predicted octanol–water partition coefficient (Wildman–Crippen LogP) is 3.58. The summed E-state index contributed by atoms with van der Waals surface area (Å²) in [7, 11) is 0. The SMILES string of the molecule is Cc1cncc(C(CC(=O)O)n2ccc(CCCc3ccc4c(n3)NCCC4)n2)c1. The molecule has 1 aliphatic heterocycles. The molecular formula is C23H27N5O2. The molecule has 1 atom stereocenters. The zero-order valence-electron chi connectivity index (χ0n) is 17.2. The van der Waals surface area contributed by atoms with E-state index in [0.29, 0.717) is 0 Å². The molecule has 4 rings (SSSR count). The number of nitrogens with zero attached hydrogens (tertiary/aromatic N) is 4. The fourth-order valence-electron chi connectivity index (χ4n) is 3.93. The predicted molar refractivity (Wildman–Crippen MR) is 115 cm³/mol. The Hall–Kier alpha value is -3.22. The Bertz CT molecular complexity index is 1030. The first kappa shape index (κ1) is 20.1. The highest BCUT2D eigenvalue weighted by Crippen LogP contribution is 2.23. The van der Waals surface area contributed by atoms with Gasteiger partial charge in [-0.15, -0.1) is 0 Å². The standard InChI is InChI=1S/C23H27N5O2/c1-16-12-18(15-24-14-16)21(13-22(29)30)28-11-9-20(27-28)6-2-5-19-8-7-17-4-3-10-25-23(17)26-19/h7-9,11-12,14-15,21H,2-6,10,13H2,1H3,(H,25,26)(H,29,30). The van der Waals surface area contributed by atoms with Crippen molar-refractivity contribution in [1.29, 1.82) is 0 Å². The number of nitrogens with one attached hydrogen (secondary N) is 1. The Balaban J connectivity index is 1.40. The summed E-state index contributed by atoms with van der Waals surface area (Å²) in [6.07, 6.45) is 10.2. The van der Waals surface area contributed by atoms with E-state index in [1.54, 1.807) is 17.1 Å². The highest BCUT2D eigenvalue weighted by molar-refractivity contribution is 5.68. The van der Waals surface area contributed by atoms with Crippen LogP contribution in [0.5, 0.6) is 0 Å². The van der Waals surface area contributed by atoms with Crippen LogP contribution in [0.25, 0.3) is 0 Å². The van der Waals surface area contributed by atoms with E-state index in [9.17, 15) is 9.90 Å². The quantitative estimate of drug-likeness (QED) is 0.595. The maximum absolute atomic E-state index is 11.4. The first-order valence-corrected chi connectivity index (χ1v) is 10.5. The number of hydrogen-bond acceptors (Lipinski definition) is 5. The summed E-state index contributed by atoms with van der Waals surface area (Å²) in [6, 6.07) is 7.89.